The van der Waals surface area contributed by atoms with Crippen molar-refractivity contribution in [2.45, 2.75) is 6.92 Å². The SMILES string of the molecule is CCO.[O]=[SbH]. The third-order valence-corrected chi connectivity index (χ3v) is 0. The Balaban J connectivity index is 0. The first kappa shape index (κ1) is 9.13. The van der Waals surface area contributed by atoms with E-state index >= 15 is 0 Å². The molecule has 3 heteroatoms. The van der Waals surface area contributed by atoms with E-state index in [0.717, 1.165) is 0 Å². The number of rotatable bonds is 0. The maximum atomic E-state index is 8.34. The predicted octanol–water partition coefficient (Wildman–Crippen LogP) is -0.769. The molecule has 0 aromatic heterocycles. The predicted molar refractivity (Wildman–Crippen MR) is 20.6 cm³/mol. The Hall–Kier alpha value is 0.578. The molecule has 0 bridgehead atoms. The van der Waals surface area contributed by atoms with E-state index in [-0.39, 0.29) is 6.61 Å². The van der Waals surface area contributed by atoms with Crippen LogP contribution in [0.3, 0.4) is 0 Å². The summed E-state index contributed by atoms with van der Waals surface area (Å²) in [6.45, 7) is 1.93. The molecule has 0 fully saturated rings. The van der Waals surface area contributed by atoms with Crippen molar-refractivity contribution < 1.29 is 8.12 Å². The molecule has 0 heterocycles. The summed E-state index contributed by atoms with van der Waals surface area (Å²) in [4.78, 5) is 0. The van der Waals surface area contributed by atoms with Crippen molar-refractivity contribution >= 4 is 23.0 Å². The molecular weight excluding hydrogens is 178 g/mol. The number of aliphatic hydroxyl groups is 1. The van der Waals surface area contributed by atoms with Crippen LogP contribution >= 0.6 is 0 Å². The second kappa shape index (κ2) is 23.5. The number of hydrogen-bond donors (Lipinski definition) is 1. The van der Waals surface area contributed by atoms with Gasteiger partial charge in [0, 0.05) is 6.61 Å². The maximum absolute atomic E-state index is 8.34. The molecule has 0 atom stereocenters. The molecule has 0 radical (unpaired) electrons. The zero-order chi connectivity index (χ0) is 4.71. The molecule has 0 unspecified atom stereocenters. The van der Waals surface area contributed by atoms with Crippen molar-refractivity contribution in [3.8, 4) is 0 Å². The summed E-state index contributed by atoms with van der Waals surface area (Å²) in [7, 11) is 0. The van der Waals surface area contributed by atoms with Crippen LogP contribution in [0, 0.1) is 0 Å². The summed E-state index contributed by atoms with van der Waals surface area (Å²) >= 11 is 0.300. The first-order valence-electron chi connectivity index (χ1n) is 1.23. The van der Waals surface area contributed by atoms with E-state index < -0.39 is 0 Å². The van der Waals surface area contributed by atoms with E-state index in [1.54, 1.807) is 6.92 Å². The van der Waals surface area contributed by atoms with Gasteiger partial charge in [-0.05, 0) is 6.92 Å². The second-order valence-corrected chi connectivity index (χ2v) is 0.316. The summed E-state index contributed by atoms with van der Waals surface area (Å²) in [5, 5.41) is 7.57. The van der Waals surface area contributed by atoms with Crippen LogP contribution in [0.5, 0.6) is 0 Å². The molecule has 0 saturated carbocycles. The molecule has 1 N–H and O–H groups in total. The van der Waals surface area contributed by atoms with E-state index in [2.05, 4.69) is 0 Å². The average Bonchev–Trinajstić information content (AvgIpc) is 1.46. The Bertz CT molecular complexity index is 11.6. The normalized spacial score (nSPS) is 4.40. The van der Waals surface area contributed by atoms with Crippen LogP contribution < -0.4 is 0 Å². The Morgan fingerprint density at radius 2 is 1.80 bits per heavy atom. The summed E-state index contributed by atoms with van der Waals surface area (Å²) in [6.07, 6.45) is 0. The molecular formula is C2H7O2Sb. The van der Waals surface area contributed by atoms with Crippen LogP contribution in [-0.2, 0) is 3.02 Å². The zero-order valence-corrected chi connectivity index (χ0v) is 5.92. The van der Waals surface area contributed by atoms with Crippen molar-refractivity contribution in [3.63, 3.8) is 0 Å². The fourth-order valence-corrected chi connectivity index (χ4v) is 0. The van der Waals surface area contributed by atoms with Crippen molar-refractivity contribution in [2.75, 3.05) is 6.61 Å². The Labute approximate surface area is 45.1 Å². The van der Waals surface area contributed by atoms with Gasteiger partial charge in [-0.1, -0.05) is 0 Å². The summed E-state index contributed by atoms with van der Waals surface area (Å²) in [5.74, 6) is 0. The number of hydrogen-bond acceptors (Lipinski definition) is 2. The van der Waals surface area contributed by atoms with Gasteiger partial charge < -0.3 is 5.11 Å². The monoisotopic (exact) mass is 184 g/mol. The van der Waals surface area contributed by atoms with E-state index in [1.165, 1.54) is 0 Å². The zero-order valence-electron chi connectivity index (χ0n) is 3.06. The third-order valence-electron chi connectivity index (χ3n) is 0. The molecule has 0 rings (SSSR count). The minimum atomic E-state index is 0.250. The second-order valence-electron chi connectivity index (χ2n) is 0.316. The summed E-state index contributed by atoms with van der Waals surface area (Å²) in [6, 6.07) is 0. The first-order chi connectivity index (χ1) is 2.41. The van der Waals surface area contributed by atoms with E-state index in [9.17, 15) is 0 Å². The van der Waals surface area contributed by atoms with Crippen LogP contribution in [0.25, 0.3) is 0 Å². The van der Waals surface area contributed by atoms with E-state index in [1.807, 2.05) is 0 Å². The summed E-state index contributed by atoms with van der Waals surface area (Å²) < 4.78 is 8.34. The van der Waals surface area contributed by atoms with E-state index in [4.69, 9.17) is 8.12 Å². The Morgan fingerprint density at radius 1 is 1.80 bits per heavy atom. The van der Waals surface area contributed by atoms with Gasteiger partial charge in [0.1, 0.15) is 0 Å². The third kappa shape index (κ3) is 91.0. The van der Waals surface area contributed by atoms with Gasteiger partial charge in [0.15, 0.2) is 0 Å². The van der Waals surface area contributed by atoms with Crippen molar-refractivity contribution in [2.24, 2.45) is 0 Å². The van der Waals surface area contributed by atoms with Gasteiger partial charge in [0.2, 0.25) is 0 Å². The molecule has 2 nitrogen and oxygen atoms in total. The van der Waals surface area contributed by atoms with Crippen LogP contribution in [0.1, 0.15) is 6.92 Å². The fourth-order valence-electron chi connectivity index (χ4n) is 0. The fraction of sp³-hybridized carbons (Fsp3) is 1.00. The molecule has 0 aromatic rings. The summed E-state index contributed by atoms with van der Waals surface area (Å²) in [5.41, 5.74) is 0. The van der Waals surface area contributed by atoms with Gasteiger partial charge in [0.25, 0.3) is 0 Å². The van der Waals surface area contributed by atoms with E-state index in [0.29, 0.717) is 23.0 Å². The molecule has 32 valence electrons. The Kier molecular flexibility index (Phi) is 43.0. The first-order valence-corrected chi connectivity index (χ1v) is 2.39. The van der Waals surface area contributed by atoms with Crippen molar-refractivity contribution in [1.29, 1.82) is 0 Å². The standard InChI is InChI=1S/C2H6O.O.Sb.H/c1-2-3;;;/h3H,2H2,1H3;;;. The molecule has 0 saturated heterocycles. The van der Waals surface area contributed by atoms with Gasteiger partial charge in [-0.2, -0.15) is 0 Å². The molecule has 0 spiro atoms. The molecule has 0 aliphatic heterocycles. The molecule has 0 amide bonds. The van der Waals surface area contributed by atoms with Crippen LogP contribution in [0.2, 0.25) is 0 Å². The van der Waals surface area contributed by atoms with Gasteiger partial charge in [0.05, 0.1) is 0 Å². The average molecular weight is 185 g/mol. The van der Waals surface area contributed by atoms with Gasteiger partial charge >= 0.3 is 26.0 Å². The quantitative estimate of drug-likeness (QED) is 0.503. The van der Waals surface area contributed by atoms with Crippen LogP contribution in [-0.4, -0.2) is 34.7 Å². The van der Waals surface area contributed by atoms with Gasteiger partial charge in [-0.15, -0.1) is 0 Å². The molecule has 0 aromatic carbocycles. The molecule has 5 heavy (non-hydrogen) atoms. The van der Waals surface area contributed by atoms with Gasteiger partial charge in [-0.25, -0.2) is 0 Å². The van der Waals surface area contributed by atoms with Crippen LogP contribution in [0.15, 0.2) is 0 Å². The molecule has 0 aliphatic carbocycles. The van der Waals surface area contributed by atoms with Crippen molar-refractivity contribution in [1.82, 2.24) is 0 Å². The minimum absolute atomic E-state index is 0.250. The number of aliphatic hydroxyl groups excluding tert-OH is 1. The molecule has 0 aliphatic rings. The Morgan fingerprint density at radius 3 is 1.80 bits per heavy atom. The van der Waals surface area contributed by atoms with Gasteiger partial charge in [-0.3, -0.25) is 0 Å². The topological polar surface area (TPSA) is 37.3 Å². The van der Waals surface area contributed by atoms with Crippen LogP contribution in [0.4, 0.5) is 0 Å². The van der Waals surface area contributed by atoms with Crippen molar-refractivity contribution in [3.05, 3.63) is 0 Å².